The van der Waals surface area contributed by atoms with Crippen LogP contribution in [0, 0.1) is 0 Å². The maximum absolute atomic E-state index is 12.3. The smallest absolute Gasteiger partial charge is 0.355 e. The molecule has 1 heterocycles. The first-order valence-electron chi connectivity index (χ1n) is 8.57. The molecule has 6 nitrogen and oxygen atoms in total. The Morgan fingerprint density at radius 3 is 2.52 bits per heavy atom. The summed E-state index contributed by atoms with van der Waals surface area (Å²) in [5.74, 6) is 0.0406. The van der Waals surface area contributed by atoms with E-state index in [4.69, 9.17) is 9.47 Å². The molecule has 0 bridgehead atoms. The summed E-state index contributed by atoms with van der Waals surface area (Å²) in [6.07, 6.45) is 1.75. The monoisotopic (exact) mass is 366 g/mol. The lowest BCUT2D eigenvalue weighted by Gasteiger charge is -2.17. The van der Waals surface area contributed by atoms with Crippen LogP contribution in [-0.2, 0) is 23.1 Å². The van der Waals surface area contributed by atoms with Gasteiger partial charge in [-0.3, -0.25) is 4.79 Å². The maximum Gasteiger partial charge on any atom is 0.355 e. The number of methoxy groups -OCH3 is 1. The van der Waals surface area contributed by atoms with Gasteiger partial charge in [0.1, 0.15) is 11.4 Å². The van der Waals surface area contributed by atoms with E-state index >= 15 is 0 Å². The zero-order valence-corrected chi connectivity index (χ0v) is 15.6. The van der Waals surface area contributed by atoms with Gasteiger partial charge in [-0.05, 0) is 46.7 Å². The number of hydrogen-bond donors (Lipinski definition) is 0. The highest BCUT2D eigenvalue weighted by Crippen LogP contribution is 2.22. The second kappa shape index (κ2) is 7.95. The molecule has 27 heavy (non-hydrogen) atoms. The van der Waals surface area contributed by atoms with Crippen LogP contribution in [0.1, 0.15) is 16.1 Å². The van der Waals surface area contributed by atoms with Gasteiger partial charge in [-0.15, -0.1) is 0 Å². The molecule has 140 valence electrons. The van der Waals surface area contributed by atoms with Crippen LogP contribution in [0.25, 0.3) is 10.8 Å². The topological polar surface area (TPSA) is 60.8 Å². The summed E-state index contributed by atoms with van der Waals surface area (Å²) in [5, 5.41) is 2.15. The molecular formula is C21H22N2O4. The Labute approximate surface area is 157 Å². The molecule has 0 aliphatic carbocycles. The molecule has 3 aromatic rings. The average molecular weight is 366 g/mol. The Balaban J connectivity index is 1.60. The highest BCUT2D eigenvalue weighted by atomic mass is 16.5. The van der Waals surface area contributed by atoms with Gasteiger partial charge in [-0.2, -0.15) is 0 Å². The Morgan fingerprint density at radius 1 is 1.07 bits per heavy atom. The third-order valence-electron chi connectivity index (χ3n) is 4.44. The Hall–Kier alpha value is -3.28. The molecular weight excluding hydrogens is 344 g/mol. The van der Waals surface area contributed by atoms with Gasteiger partial charge in [0, 0.05) is 26.8 Å². The number of amides is 1. The number of hydrogen-bond acceptors (Lipinski definition) is 4. The number of rotatable bonds is 6. The minimum Gasteiger partial charge on any atom is -0.497 e. The highest BCUT2D eigenvalue weighted by molar-refractivity contribution is 5.90. The quantitative estimate of drug-likeness (QED) is 0.629. The van der Waals surface area contributed by atoms with Crippen molar-refractivity contribution in [3.05, 3.63) is 66.0 Å². The lowest BCUT2D eigenvalue weighted by molar-refractivity contribution is -0.133. The maximum atomic E-state index is 12.3. The van der Waals surface area contributed by atoms with Crippen molar-refractivity contribution in [1.29, 1.82) is 0 Å². The van der Waals surface area contributed by atoms with Crippen molar-refractivity contribution in [2.24, 2.45) is 7.05 Å². The fourth-order valence-electron chi connectivity index (χ4n) is 2.85. The normalized spacial score (nSPS) is 10.6. The molecule has 0 fully saturated rings. The van der Waals surface area contributed by atoms with Crippen molar-refractivity contribution in [1.82, 2.24) is 9.47 Å². The predicted octanol–water partition coefficient (Wildman–Crippen LogP) is 3.00. The average Bonchev–Trinajstić information content (AvgIpc) is 3.11. The lowest BCUT2D eigenvalue weighted by atomic mass is 10.1. The van der Waals surface area contributed by atoms with Crippen LogP contribution in [0.3, 0.4) is 0 Å². The molecule has 0 saturated carbocycles. The lowest BCUT2D eigenvalue weighted by Crippen LogP contribution is -2.31. The highest BCUT2D eigenvalue weighted by Gasteiger charge is 2.15. The number of benzene rings is 2. The van der Waals surface area contributed by atoms with E-state index in [2.05, 4.69) is 0 Å². The van der Waals surface area contributed by atoms with Gasteiger partial charge in [0.05, 0.1) is 7.11 Å². The summed E-state index contributed by atoms with van der Waals surface area (Å²) in [6.45, 7) is 0.147. The molecule has 6 heteroatoms. The van der Waals surface area contributed by atoms with Crippen LogP contribution in [0.2, 0.25) is 0 Å². The van der Waals surface area contributed by atoms with Crippen LogP contribution in [-0.4, -0.2) is 42.1 Å². The van der Waals surface area contributed by atoms with E-state index in [1.54, 1.807) is 49.0 Å². The molecule has 3 rings (SSSR count). The van der Waals surface area contributed by atoms with Gasteiger partial charge in [-0.1, -0.05) is 18.2 Å². The number of likely N-dealkylation sites (N-methyl/N-ethyl adjacent to an activating group) is 1. The number of aromatic nitrogens is 1. The van der Waals surface area contributed by atoms with E-state index in [9.17, 15) is 9.59 Å². The van der Waals surface area contributed by atoms with Crippen molar-refractivity contribution in [2.75, 3.05) is 20.8 Å². The zero-order valence-electron chi connectivity index (χ0n) is 15.6. The van der Waals surface area contributed by atoms with Crippen molar-refractivity contribution >= 4 is 22.6 Å². The van der Waals surface area contributed by atoms with Gasteiger partial charge < -0.3 is 18.9 Å². The Bertz CT molecular complexity index is 977. The molecule has 0 spiro atoms. The minimum absolute atomic E-state index is 0.257. The number of fused-ring (bicyclic) bond motifs is 1. The minimum atomic E-state index is -0.510. The van der Waals surface area contributed by atoms with Crippen LogP contribution in [0.5, 0.6) is 5.75 Å². The van der Waals surface area contributed by atoms with Crippen molar-refractivity contribution in [3.63, 3.8) is 0 Å². The fourth-order valence-corrected chi connectivity index (χ4v) is 2.85. The van der Waals surface area contributed by atoms with E-state index in [1.165, 1.54) is 0 Å². The van der Waals surface area contributed by atoms with Crippen molar-refractivity contribution in [2.45, 2.75) is 6.54 Å². The summed E-state index contributed by atoms with van der Waals surface area (Å²) < 4.78 is 12.0. The van der Waals surface area contributed by atoms with Gasteiger partial charge in [-0.25, -0.2) is 4.79 Å². The molecule has 1 amide bonds. The first-order valence-corrected chi connectivity index (χ1v) is 8.57. The van der Waals surface area contributed by atoms with Gasteiger partial charge in [0.25, 0.3) is 5.91 Å². The number of aryl methyl sites for hydroxylation is 1. The van der Waals surface area contributed by atoms with Gasteiger partial charge >= 0.3 is 5.97 Å². The first-order chi connectivity index (χ1) is 13.0. The fraction of sp³-hybridized carbons (Fsp3) is 0.238. The summed E-state index contributed by atoms with van der Waals surface area (Å²) in [6, 6.07) is 15.3. The number of ether oxygens (including phenoxy) is 2. The van der Waals surface area contributed by atoms with Crippen LogP contribution < -0.4 is 4.74 Å². The van der Waals surface area contributed by atoms with E-state index in [0.29, 0.717) is 12.2 Å². The number of esters is 1. The third-order valence-corrected chi connectivity index (χ3v) is 4.44. The van der Waals surface area contributed by atoms with Gasteiger partial charge in [0.2, 0.25) is 0 Å². The van der Waals surface area contributed by atoms with E-state index in [-0.39, 0.29) is 12.5 Å². The van der Waals surface area contributed by atoms with E-state index in [1.807, 2.05) is 36.4 Å². The second-order valence-electron chi connectivity index (χ2n) is 6.38. The number of carbonyl (C=O) groups is 2. The third kappa shape index (κ3) is 4.28. The van der Waals surface area contributed by atoms with Crippen LogP contribution >= 0.6 is 0 Å². The first kappa shape index (κ1) is 18.5. The summed E-state index contributed by atoms with van der Waals surface area (Å²) in [4.78, 5) is 25.8. The molecule has 0 saturated heterocycles. The standard InChI is InChI=1S/C21H22N2O4/c1-22-10-4-5-19(22)21(25)27-14-20(24)23(2)13-15-6-7-17-12-18(26-3)9-8-16(17)11-15/h4-12H,13-14H2,1-3H3. The molecule has 0 radical (unpaired) electrons. The largest absolute Gasteiger partial charge is 0.497 e. The summed E-state index contributed by atoms with van der Waals surface area (Å²) >= 11 is 0. The van der Waals surface area contributed by atoms with E-state index < -0.39 is 5.97 Å². The number of carbonyl (C=O) groups excluding carboxylic acids is 2. The van der Waals surface area contributed by atoms with Crippen LogP contribution in [0.15, 0.2) is 54.7 Å². The predicted molar refractivity (Wildman–Crippen MR) is 103 cm³/mol. The molecule has 2 aromatic carbocycles. The summed E-state index contributed by atoms with van der Waals surface area (Å²) in [7, 11) is 5.08. The molecule has 0 aliphatic heterocycles. The molecule has 0 unspecified atom stereocenters. The molecule has 0 atom stereocenters. The number of nitrogens with zero attached hydrogens (tertiary/aromatic N) is 2. The molecule has 0 N–H and O–H groups in total. The molecule has 0 aliphatic rings. The zero-order chi connectivity index (χ0) is 19.4. The Kier molecular flexibility index (Phi) is 5.45. The SMILES string of the molecule is COc1ccc2cc(CN(C)C(=O)COC(=O)c3cccn3C)ccc2c1. The summed E-state index contributed by atoms with van der Waals surface area (Å²) in [5.41, 5.74) is 1.41. The van der Waals surface area contributed by atoms with E-state index in [0.717, 1.165) is 22.1 Å². The van der Waals surface area contributed by atoms with Crippen LogP contribution in [0.4, 0.5) is 0 Å². The van der Waals surface area contributed by atoms with Gasteiger partial charge in [0.15, 0.2) is 6.61 Å². The Morgan fingerprint density at radius 2 is 1.81 bits per heavy atom. The molecule has 1 aromatic heterocycles. The van der Waals surface area contributed by atoms with Crippen molar-refractivity contribution < 1.29 is 19.1 Å². The van der Waals surface area contributed by atoms with Crippen molar-refractivity contribution in [3.8, 4) is 5.75 Å². The second-order valence-corrected chi connectivity index (χ2v) is 6.38.